The third-order valence-corrected chi connectivity index (χ3v) is 7.93. The van der Waals surface area contributed by atoms with E-state index in [2.05, 4.69) is 26.7 Å². The smallest absolute Gasteiger partial charge is 0.264 e. The maximum absolute atomic E-state index is 14.2. The van der Waals surface area contributed by atoms with Crippen LogP contribution < -0.4 is 9.80 Å². The lowest BCUT2D eigenvalue weighted by molar-refractivity contribution is 0.0640. The summed E-state index contributed by atoms with van der Waals surface area (Å²) in [6.07, 6.45) is 4.91. The molecule has 2 aromatic heterocycles. The Kier molecular flexibility index (Phi) is 5.71. The highest BCUT2D eigenvalue weighted by Crippen LogP contribution is 2.37. The van der Waals surface area contributed by atoms with Gasteiger partial charge in [-0.15, -0.1) is 11.3 Å². The van der Waals surface area contributed by atoms with Crippen LogP contribution in [0, 0.1) is 12.7 Å². The van der Waals surface area contributed by atoms with Gasteiger partial charge in [-0.2, -0.15) is 0 Å². The summed E-state index contributed by atoms with van der Waals surface area (Å²) in [5.41, 5.74) is 1.62. The summed E-state index contributed by atoms with van der Waals surface area (Å²) >= 11 is 1.48. The van der Waals surface area contributed by atoms with Crippen molar-refractivity contribution in [1.29, 1.82) is 0 Å². The predicted molar refractivity (Wildman–Crippen MR) is 127 cm³/mol. The molecule has 1 amide bonds. The molecule has 2 saturated heterocycles. The van der Waals surface area contributed by atoms with Gasteiger partial charge >= 0.3 is 0 Å². The fraction of sp³-hybridized carbons (Fsp3) is 0.458. The average molecular weight is 454 g/mol. The molecule has 2 aliphatic heterocycles. The van der Waals surface area contributed by atoms with Crippen LogP contribution in [0.15, 0.2) is 30.6 Å². The van der Waals surface area contributed by atoms with Crippen molar-refractivity contribution in [2.24, 2.45) is 0 Å². The number of aromatic nitrogens is 2. The topological polar surface area (TPSA) is 52.6 Å². The molecule has 0 N–H and O–H groups in total. The number of thiophene rings is 1. The van der Waals surface area contributed by atoms with E-state index < -0.39 is 0 Å². The van der Waals surface area contributed by atoms with Crippen LogP contribution in [-0.4, -0.2) is 59.5 Å². The third kappa shape index (κ3) is 3.70. The maximum Gasteiger partial charge on any atom is 0.264 e. The second-order valence-corrected chi connectivity index (χ2v) is 9.70. The number of piperidine rings is 1. The molecule has 1 aromatic carbocycles. The molecule has 0 spiro atoms. The molecule has 2 aliphatic rings. The van der Waals surface area contributed by atoms with Gasteiger partial charge in [-0.05, 0) is 50.8 Å². The molecular formula is C24H28FN5OS. The van der Waals surface area contributed by atoms with Gasteiger partial charge in [-0.25, -0.2) is 14.4 Å². The Balaban J connectivity index is 1.41. The summed E-state index contributed by atoms with van der Waals surface area (Å²) < 4.78 is 14.2. The first-order chi connectivity index (χ1) is 15.5. The summed E-state index contributed by atoms with van der Waals surface area (Å²) in [6, 6.07) is 7.20. The molecule has 0 aliphatic carbocycles. The Bertz CT molecular complexity index is 1140. The largest absolute Gasteiger partial charge is 0.366 e. The van der Waals surface area contributed by atoms with Gasteiger partial charge in [-0.1, -0.05) is 12.1 Å². The van der Waals surface area contributed by atoms with Crippen LogP contribution in [0.4, 0.5) is 15.9 Å². The van der Waals surface area contributed by atoms with E-state index in [9.17, 15) is 9.18 Å². The number of piperazine rings is 1. The van der Waals surface area contributed by atoms with Crippen LogP contribution in [0.25, 0.3) is 10.2 Å². The van der Waals surface area contributed by atoms with Gasteiger partial charge in [0.05, 0.1) is 16.0 Å². The predicted octanol–water partition coefficient (Wildman–Crippen LogP) is 4.48. The van der Waals surface area contributed by atoms with Crippen molar-refractivity contribution < 1.29 is 9.18 Å². The van der Waals surface area contributed by atoms with Crippen molar-refractivity contribution in [3.8, 4) is 0 Å². The fourth-order valence-corrected chi connectivity index (χ4v) is 5.99. The highest BCUT2D eigenvalue weighted by atomic mass is 32.1. The average Bonchev–Trinajstić information content (AvgIpc) is 3.16. The molecular weight excluding hydrogens is 425 g/mol. The van der Waals surface area contributed by atoms with E-state index in [1.54, 1.807) is 12.4 Å². The van der Waals surface area contributed by atoms with E-state index in [-0.39, 0.29) is 17.8 Å². The number of hydrogen-bond acceptors (Lipinski definition) is 6. The molecule has 1 atom stereocenters. The van der Waals surface area contributed by atoms with Crippen LogP contribution in [0.2, 0.25) is 0 Å². The molecule has 8 heteroatoms. The number of likely N-dealkylation sites (tertiary alicyclic amines) is 1. The van der Waals surface area contributed by atoms with Crippen molar-refractivity contribution in [2.75, 3.05) is 42.5 Å². The number of carbonyl (C=O) groups excluding carboxylic acids is 1. The number of halogens is 1. The molecule has 32 heavy (non-hydrogen) atoms. The second kappa shape index (κ2) is 8.65. The first-order valence-electron chi connectivity index (χ1n) is 11.3. The lowest BCUT2D eigenvalue weighted by Gasteiger charge is -2.37. The highest BCUT2D eigenvalue weighted by molar-refractivity contribution is 7.20. The summed E-state index contributed by atoms with van der Waals surface area (Å²) in [4.78, 5) is 30.4. The summed E-state index contributed by atoms with van der Waals surface area (Å²) in [6.45, 7) is 7.89. The SMILES string of the molecule is Cc1c(C(=O)N2CCCCC2C)sc2ncnc(N3CCN(c4ccccc4F)CC3)c12. The van der Waals surface area contributed by atoms with E-state index >= 15 is 0 Å². The van der Waals surface area contributed by atoms with Gasteiger partial charge in [0.15, 0.2) is 0 Å². The van der Waals surface area contributed by atoms with Crippen molar-refractivity contribution in [2.45, 2.75) is 39.2 Å². The number of rotatable bonds is 3. The zero-order valence-electron chi connectivity index (χ0n) is 18.6. The Morgan fingerprint density at radius 1 is 1.06 bits per heavy atom. The molecule has 168 valence electrons. The Labute approximate surface area is 191 Å². The number of benzene rings is 1. The third-order valence-electron chi connectivity index (χ3n) is 6.74. The van der Waals surface area contributed by atoms with Gasteiger partial charge in [0.1, 0.15) is 22.8 Å². The van der Waals surface area contributed by atoms with Crippen molar-refractivity contribution in [1.82, 2.24) is 14.9 Å². The molecule has 0 saturated carbocycles. The highest BCUT2D eigenvalue weighted by Gasteiger charge is 2.29. The van der Waals surface area contributed by atoms with Gasteiger partial charge in [-0.3, -0.25) is 4.79 Å². The minimum Gasteiger partial charge on any atom is -0.366 e. The van der Waals surface area contributed by atoms with Crippen LogP contribution in [0.3, 0.4) is 0 Å². The molecule has 5 rings (SSSR count). The van der Waals surface area contributed by atoms with E-state index in [0.717, 1.165) is 59.0 Å². The number of amides is 1. The van der Waals surface area contributed by atoms with E-state index in [1.807, 2.05) is 24.0 Å². The molecule has 1 unspecified atom stereocenters. The molecule has 3 aromatic rings. The van der Waals surface area contributed by atoms with Crippen molar-refractivity contribution in [3.05, 3.63) is 46.9 Å². The van der Waals surface area contributed by atoms with Crippen molar-refractivity contribution in [3.63, 3.8) is 0 Å². The van der Waals surface area contributed by atoms with Gasteiger partial charge in [0.25, 0.3) is 5.91 Å². The number of anilines is 2. The standard InChI is InChI=1S/C24H28FN5OS/c1-16-7-5-6-10-30(16)24(31)21-17(2)20-22(26-15-27-23(20)32-21)29-13-11-28(12-14-29)19-9-4-3-8-18(19)25/h3-4,8-9,15-16H,5-7,10-14H2,1-2H3. The number of para-hydroxylation sites is 1. The molecule has 4 heterocycles. The fourth-order valence-electron chi connectivity index (χ4n) is 4.89. The zero-order chi connectivity index (χ0) is 22.2. The monoisotopic (exact) mass is 453 g/mol. The van der Waals surface area contributed by atoms with Crippen LogP contribution in [0.1, 0.15) is 41.4 Å². The normalized spacial score (nSPS) is 19.6. The van der Waals surface area contributed by atoms with E-state index in [4.69, 9.17) is 0 Å². The maximum atomic E-state index is 14.2. The number of hydrogen-bond donors (Lipinski definition) is 0. The van der Waals surface area contributed by atoms with Gasteiger partial charge in [0, 0.05) is 38.8 Å². The first kappa shape index (κ1) is 21.1. The van der Waals surface area contributed by atoms with E-state index in [0.29, 0.717) is 18.8 Å². The summed E-state index contributed by atoms with van der Waals surface area (Å²) in [5, 5.41) is 0.977. The minimum absolute atomic E-state index is 0.119. The molecule has 0 bridgehead atoms. The van der Waals surface area contributed by atoms with Crippen LogP contribution in [0.5, 0.6) is 0 Å². The van der Waals surface area contributed by atoms with Crippen LogP contribution in [-0.2, 0) is 0 Å². The Morgan fingerprint density at radius 3 is 2.56 bits per heavy atom. The number of nitrogens with zero attached hydrogens (tertiary/aromatic N) is 5. The van der Waals surface area contributed by atoms with Crippen molar-refractivity contribution >= 4 is 39.0 Å². The van der Waals surface area contributed by atoms with E-state index in [1.165, 1.54) is 23.8 Å². The first-order valence-corrected chi connectivity index (χ1v) is 12.2. The quantitative estimate of drug-likeness (QED) is 0.585. The number of aryl methyl sites for hydroxylation is 1. The molecule has 2 fully saturated rings. The molecule has 6 nitrogen and oxygen atoms in total. The lowest BCUT2D eigenvalue weighted by Crippen LogP contribution is -2.47. The second-order valence-electron chi connectivity index (χ2n) is 8.70. The molecule has 0 radical (unpaired) electrons. The Morgan fingerprint density at radius 2 is 1.81 bits per heavy atom. The summed E-state index contributed by atoms with van der Waals surface area (Å²) in [5.74, 6) is 0.810. The number of fused-ring (bicyclic) bond motifs is 1. The van der Waals surface area contributed by atoms with Gasteiger partial charge in [0.2, 0.25) is 0 Å². The Hall–Kier alpha value is -2.74. The minimum atomic E-state index is -0.186. The summed E-state index contributed by atoms with van der Waals surface area (Å²) in [7, 11) is 0. The van der Waals surface area contributed by atoms with Crippen LogP contribution >= 0.6 is 11.3 Å². The van der Waals surface area contributed by atoms with Gasteiger partial charge < -0.3 is 14.7 Å². The number of carbonyl (C=O) groups is 1. The lowest BCUT2D eigenvalue weighted by atomic mass is 10.0. The zero-order valence-corrected chi connectivity index (χ0v) is 19.4.